The number of aromatic nitrogens is 2. The third-order valence-corrected chi connectivity index (χ3v) is 1.86. The number of methoxy groups -OCH3 is 1. The summed E-state index contributed by atoms with van der Waals surface area (Å²) in [5.41, 5.74) is 1.06. The maximum atomic E-state index is 5.06. The molecule has 3 heteroatoms. The predicted molar refractivity (Wildman–Crippen MR) is 52.7 cm³/mol. The Morgan fingerprint density at radius 2 is 2.08 bits per heavy atom. The van der Waals surface area contributed by atoms with Gasteiger partial charge in [0, 0.05) is 19.4 Å². The first-order valence-electron chi connectivity index (χ1n) is 4.04. The molecular formula is C10H12N2O. The molecule has 1 aromatic heterocycles. The highest BCUT2D eigenvalue weighted by molar-refractivity contribution is 5.55. The number of imidazole rings is 1. The lowest BCUT2D eigenvalue weighted by atomic mass is 10.2. The zero-order valence-electron chi connectivity index (χ0n) is 7.32. The van der Waals surface area contributed by atoms with Crippen molar-refractivity contribution in [2.45, 2.75) is 0 Å². The van der Waals surface area contributed by atoms with Crippen LogP contribution in [0.5, 0.6) is 5.75 Å². The van der Waals surface area contributed by atoms with Crippen molar-refractivity contribution in [1.82, 2.24) is 9.97 Å². The Bertz CT molecular complexity index is 370. The van der Waals surface area contributed by atoms with Crippen LogP contribution in [0.4, 0.5) is 0 Å². The Morgan fingerprint density at radius 1 is 1.31 bits per heavy atom. The first-order valence-corrected chi connectivity index (χ1v) is 4.04. The fourth-order valence-electron chi connectivity index (χ4n) is 1.17. The molecule has 0 bridgehead atoms. The molecule has 2 aromatic rings. The first-order chi connectivity index (χ1) is 6.40. The molecule has 0 fully saturated rings. The topological polar surface area (TPSA) is 37.9 Å². The van der Waals surface area contributed by atoms with Gasteiger partial charge in [0.25, 0.3) is 0 Å². The molecule has 13 heavy (non-hydrogen) atoms. The number of nitrogens with zero attached hydrogens (tertiary/aromatic N) is 1. The minimum atomic E-state index is 0. The number of benzene rings is 1. The van der Waals surface area contributed by atoms with Gasteiger partial charge in [0.05, 0.1) is 7.11 Å². The van der Waals surface area contributed by atoms with Gasteiger partial charge >= 0.3 is 0 Å². The van der Waals surface area contributed by atoms with Gasteiger partial charge in [-0.25, -0.2) is 4.98 Å². The van der Waals surface area contributed by atoms with Gasteiger partial charge < -0.3 is 9.72 Å². The number of hydrogen-bond donors (Lipinski definition) is 1. The van der Waals surface area contributed by atoms with E-state index in [0.717, 1.165) is 17.1 Å². The molecule has 0 atom stereocenters. The van der Waals surface area contributed by atoms with Crippen molar-refractivity contribution in [2.24, 2.45) is 0 Å². The molecule has 0 aliphatic heterocycles. The maximum Gasteiger partial charge on any atom is 0.137 e. The second-order valence-electron chi connectivity index (χ2n) is 2.67. The molecule has 0 aliphatic rings. The number of ether oxygens (including phenoxy) is 1. The van der Waals surface area contributed by atoms with Crippen LogP contribution in [0.2, 0.25) is 0 Å². The Hall–Kier alpha value is -1.77. The lowest BCUT2D eigenvalue weighted by molar-refractivity contribution is 0.415. The van der Waals surface area contributed by atoms with Gasteiger partial charge in [0.15, 0.2) is 0 Å². The highest BCUT2D eigenvalue weighted by atomic mass is 16.5. The number of H-pyrrole nitrogens is 1. The zero-order chi connectivity index (χ0) is 9.10. The average Bonchev–Trinajstić information content (AvgIpc) is 2.71. The van der Waals surface area contributed by atoms with Crippen LogP contribution in [0, 0.1) is 0 Å². The molecule has 1 N–H and O–H groups in total. The molecule has 0 spiro atoms. The Balaban J connectivity index is 0.000000980. The molecular weight excluding hydrogens is 164 g/mol. The molecule has 0 unspecified atom stereocenters. The lowest BCUT2D eigenvalue weighted by Gasteiger charge is -1.99. The van der Waals surface area contributed by atoms with Gasteiger partial charge in [-0.1, -0.05) is 0 Å². The van der Waals surface area contributed by atoms with E-state index in [-0.39, 0.29) is 1.43 Å². The van der Waals surface area contributed by atoms with Crippen LogP contribution in [0.3, 0.4) is 0 Å². The van der Waals surface area contributed by atoms with Crippen LogP contribution in [0.25, 0.3) is 11.4 Å². The number of aromatic amines is 1. The summed E-state index contributed by atoms with van der Waals surface area (Å²) in [7, 11) is 1.65. The molecule has 0 saturated carbocycles. The third kappa shape index (κ3) is 1.54. The van der Waals surface area contributed by atoms with Crippen LogP contribution < -0.4 is 4.74 Å². The second-order valence-corrected chi connectivity index (χ2v) is 2.67. The SMILES string of the molecule is COc1ccc(-c2ncc[nH]2)cc1.[HH]. The summed E-state index contributed by atoms with van der Waals surface area (Å²) in [5.74, 6) is 1.73. The van der Waals surface area contributed by atoms with E-state index < -0.39 is 0 Å². The van der Waals surface area contributed by atoms with Gasteiger partial charge in [-0.2, -0.15) is 0 Å². The Morgan fingerprint density at radius 3 is 2.62 bits per heavy atom. The minimum absolute atomic E-state index is 0. The molecule has 0 saturated heterocycles. The van der Waals surface area contributed by atoms with E-state index in [1.54, 1.807) is 19.5 Å². The monoisotopic (exact) mass is 176 g/mol. The van der Waals surface area contributed by atoms with Crippen molar-refractivity contribution >= 4 is 0 Å². The van der Waals surface area contributed by atoms with Crippen molar-refractivity contribution < 1.29 is 6.16 Å². The zero-order valence-corrected chi connectivity index (χ0v) is 7.32. The van der Waals surface area contributed by atoms with Gasteiger partial charge in [0.1, 0.15) is 11.6 Å². The molecule has 3 nitrogen and oxygen atoms in total. The van der Waals surface area contributed by atoms with E-state index in [1.165, 1.54) is 0 Å². The Kier molecular flexibility index (Phi) is 2.00. The normalized spacial score (nSPS) is 9.92. The van der Waals surface area contributed by atoms with Crippen LogP contribution in [0.1, 0.15) is 1.43 Å². The smallest absolute Gasteiger partial charge is 0.137 e. The molecule has 1 aromatic carbocycles. The number of rotatable bonds is 2. The van der Waals surface area contributed by atoms with Crippen LogP contribution >= 0.6 is 0 Å². The van der Waals surface area contributed by atoms with E-state index >= 15 is 0 Å². The second kappa shape index (κ2) is 3.31. The predicted octanol–water partition coefficient (Wildman–Crippen LogP) is 2.33. The maximum absolute atomic E-state index is 5.06. The number of nitrogens with one attached hydrogen (secondary N) is 1. The molecule has 0 amide bonds. The highest BCUT2D eigenvalue weighted by Crippen LogP contribution is 2.18. The highest BCUT2D eigenvalue weighted by Gasteiger charge is 1.98. The molecule has 0 aliphatic carbocycles. The molecule has 0 radical (unpaired) electrons. The standard InChI is InChI=1S/C10H10N2O.H2/c1-13-9-4-2-8(3-5-9)10-11-6-7-12-10;/h2-7H,1H3,(H,11,12);1H. The fourth-order valence-corrected chi connectivity index (χ4v) is 1.17. The van der Waals surface area contributed by atoms with Crippen molar-refractivity contribution in [3.05, 3.63) is 36.7 Å². The van der Waals surface area contributed by atoms with Gasteiger partial charge in [-0.3, -0.25) is 0 Å². The Labute approximate surface area is 77.9 Å². The van der Waals surface area contributed by atoms with E-state index in [9.17, 15) is 0 Å². The van der Waals surface area contributed by atoms with Crippen LogP contribution in [-0.2, 0) is 0 Å². The molecule has 1 heterocycles. The molecule has 68 valence electrons. The van der Waals surface area contributed by atoms with Gasteiger partial charge in [0.2, 0.25) is 0 Å². The fraction of sp³-hybridized carbons (Fsp3) is 0.100. The van der Waals surface area contributed by atoms with Crippen molar-refractivity contribution in [2.75, 3.05) is 7.11 Å². The first kappa shape index (κ1) is 7.86. The van der Waals surface area contributed by atoms with Gasteiger partial charge in [-0.05, 0) is 24.3 Å². The van der Waals surface area contributed by atoms with E-state index in [0.29, 0.717) is 0 Å². The summed E-state index contributed by atoms with van der Waals surface area (Å²) in [5, 5.41) is 0. The van der Waals surface area contributed by atoms with Crippen molar-refractivity contribution in [3.8, 4) is 17.1 Å². The lowest BCUT2D eigenvalue weighted by Crippen LogP contribution is -1.83. The van der Waals surface area contributed by atoms with E-state index in [4.69, 9.17) is 4.74 Å². The quantitative estimate of drug-likeness (QED) is 0.762. The minimum Gasteiger partial charge on any atom is -0.497 e. The number of hydrogen-bond acceptors (Lipinski definition) is 2. The summed E-state index contributed by atoms with van der Waals surface area (Å²) >= 11 is 0. The van der Waals surface area contributed by atoms with Crippen LogP contribution in [0.15, 0.2) is 36.7 Å². The summed E-state index contributed by atoms with van der Waals surface area (Å²) in [4.78, 5) is 7.18. The summed E-state index contributed by atoms with van der Waals surface area (Å²) < 4.78 is 5.06. The summed E-state index contributed by atoms with van der Waals surface area (Å²) in [6.45, 7) is 0. The van der Waals surface area contributed by atoms with E-state index in [2.05, 4.69) is 9.97 Å². The van der Waals surface area contributed by atoms with Crippen molar-refractivity contribution in [3.63, 3.8) is 0 Å². The van der Waals surface area contributed by atoms with E-state index in [1.807, 2.05) is 24.3 Å². The summed E-state index contributed by atoms with van der Waals surface area (Å²) in [6, 6.07) is 7.77. The van der Waals surface area contributed by atoms with Crippen LogP contribution in [-0.4, -0.2) is 17.1 Å². The third-order valence-electron chi connectivity index (χ3n) is 1.86. The molecule has 2 rings (SSSR count). The van der Waals surface area contributed by atoms with Gasteiger partial charge in [-0.15, -0.1) is 0 Å². The largest absolute Gasteiger partial charge is 0.497 e. The average molecular weight is 176 g/mol. The summed E-state index contributed by atoms with van der Waals surface area (Å²) in [6.07, 6.45) is 3.54. The van der Waals surface area contributed by atoms with Crippen molar-refractivity contribution in [1.29, 1.82) is 0 Å².